The molecule has 44 heavy (non-hydrogen) atoms. The number of benzene rings is 2. The van der Waals surface area contributed by atoms with Gasteiger partial charge in [-0.1, -0.05) is 24.3 Å². The molecule has 2 unspecified atom stereocenters. The number of nitriles is 1. The third-order valence-corrected chi connectivity index (χ3v) is 8.36. The number of nitrogens with one attached hydrogen (secondary N) is 2. The first-order valence-corrected chi connectivity index (χ1v) is 14.3. The van der Waals surface area contributed by atoms with Gasteiger partial charge in [0.1, 0.15) is 24.2 Å². The van der Waals surface area contributed by atoms with Crippen molar-refractivity contribution in [1.82, 2.24) is 25.6 Å². The molecule has 2 amide bonds. The van der Waals surface area contributed by atoms with Crippen LogP contribution in [0.25, 0.3) is 0 Å². The first-order valence-electron chi connectivity index (χ1n) is 14.3. The van der Waals surface area contributed by atoms with E-state index in [9.17, 15) is 22.8 Å². The maximum absolute atomic E-state index is 13.8. The molecule has 2 saturated heterocycles. The molecule has 0 spiro atoms. The van der Waals surface area contributed by atoms with Gasteiger partial charge in [0.2, 0.25) is 5.91 Å². The molecule has 0 aliphatic carbocycles. The van der Waals surface area contributed by atoms with Crippen LogP contribution in [0, 0.1) is 17.2 Å². The summed E-state index contributed by atoms with van der Waals surface area (Å²) in [5.74, 6) is -2.03. The molecule has 3 aromatic rings. The number of nitrogens with zero attached hydrogens (tertiary/aromatic N) is 5. The summed E-state index contributed by atoms with van der Waals surface area (Å²) in [6, 6.07) is 17.1. The number of alkyl halides is 3. The van der Waals surface area contributed by atoms with E-state index in [4.69, 9.17) is 10.00 Å². The first kappa shape index (κ1) is 29.4. The van der Waals surface area contributed by atoms with Crippen molar-refractivity contribution in [2.45, 2.75) is 31.9 Å². The molecule has 4 heterocycles. The van der Waals surface area contributed by atoms with Crippen molar-refractivity contribution in [3.8, 4) is 11.8 Å². The Morgan fingerprint density at radius 3 is 2.59 bits per heavy atom. The summed E-state index contributed by atoms with van der Waals surface area (Å²) in [6.07, 6.45) is -3.12. The Kier molecular flexibility index (Phi) is 8.11. The molecule has 13 heteroatoms. The highest BCUT2D eigenvalue weighted by Crippen LogP contribution is 2.37. The normalized spacial score (nSPS) is 20.5. The Balaban J connectivity index is 1.08. The number of aromatic nitrogens is 1. The molecular weight excluding hydrogens is 575 g/mol. The summed E-state index contributed by atoms with van der Waals surface area (Å²) in [4.78, 5) is 35.3. The Morgan fingerprint density at radius 1 is 1.07 bits per heavy atom. The predicted octanol–water partition coefficient (Wildman–Crippen LogP) is 2.99. The number of pyridine rings is 1. The van der Waals surface area contributed by atoms with Gasteiger partial charge >= 0.3 is 6.18 Å². The first-order chi connectivity index (χ1) is 21.2. The van der Waals surface area contributed by atoms with Gasteiger partial charge in [-0.05, 0) is 47.0 Å². The SMILES string of the molecule is N#Cc1ccc(N2CCN(C(=O)c3cccc(OCc4cccc5c4CN(C4CNNC(=O)C4C(F)(F)F)C5)c3)CC2)nc1. The fourth-order valence-corrected chi connectivity index (χ4v) is 6.05. The number of carbonyl (C=O) groups excluding carboxylic acids is 2. The van der Waals surface area contributed by atoms with Crippen molar-refractivity contribution in [3.05, 3.63) is 88.6 Å². The lowest BCUT2D eigenvalue weighted by molar-refractivity contribution is -0.201. The van der Waals surface area contributed by atoms with E-state index in [-0.39, 0.29) is 25.6 Å². The zero-order chi connectivity index (χ0) is 30.8. The van der Waals surface area contributed by atoms with Gasteiger partial charge in [-0.2, -0.15) is 18.4 Å². The minimum atomic E-state index is -4.66. The standard InChI is InChI=1S/C31H30F3N7O3/c32-31(33,34)28-26(16-37-38-29(28)42)41-17-22-4-1-5-23(25(22)18-41)19-44-24-6-2-3-21(13-24)30(43)40-11-9-39(10-12-40)27-8-7-20(14-35)15-36-27/h1-8,13,15,26,28,37H,9-12,16-19H2,(H,38,42). The van der Waals surface area contributed by atoms with Crippen molar-refractivity contribution >= 4 is 17.6 Å². The number of hydrazine groups is 1. The second-order valence-electron chi connectivity index (χ2n) is 11.0. The van der Waals surface area contributed by atoms with Crippen molar-refractivity contribution in [2.24, 2.45) is 5.92 Å². The summed E-state index contributed by atoms with van der Waals surface area (Å²) >= 11 is 0. The topological polar surface area (TPSA) is 114 Å². The highest BCUT2D eigenvalue weighted by molar-refractivity contribution is 5.94. The Hall–Kier alpha value is -4.67. The number of carbonyl (C=O) groups is 2. The predicted molar refractivity (Wildman–Crippen MR) is 153 cm³/mol. The van der Waals surface area contributed by atoms with E-state index in [1.54, 1.807) is 46.2 Å². The maximum Gasteiger partial charge on any atom is 0.402 e. The number of anilines is 1. The number of halogens is 3. The van der Waals surface area contributed by atoms with E-state index in [1.807, 2.05) is 18.2 Å². The van der Waals surface area contributed by atoms with E-state index in [0.29, 0.717) is 49.6 Å². The number of rotatable bonds is 6. The lowest BCUT2D eigenvalue weighted by Crippen LogP contribution is -2.63. The third kappa shape index (κ3) is 6.04. The number of hydrogen-bond donors (Lipinski definition) is 2. The van der Waals surface area contributed by atoms with Gasteiger partial charge in [0.05, 0.1) is 5.56 Å². The number of piperazine rings is 1. The van der Waals surface area contributed by atoms with Gasteiger partial charge in [-0.3, -0.25) is 19.9 Å². The van der Waals surface area contributed by atoms with E-state index in [1.165, 1.54) is 6.20 Å². The molecule has 2 fully saturated rings. The number of fused-ring (bicyclic) bond motifs is 1. The van der Waals surface area contributed by atoms with E-state index < -0.39 is 24.0 Å². The molecule has 6 rings (SSSR count). The lowest BCUT2D eigenvalue weighted by atomic mass is 9.95. The van der Waals surface area contributed by atoms with Crippen LogP contribution in [0.1, 0.15) is 32.6 Å². The fraction of sp³-hybridized carbons (Fsp3) is 0.355. The van der Waals surface area contributed by atoms with Crippen LogP contribution in [-0.2, 0) is 24.5 Å². The average Bonchev–Trinajstić information content (AvgIpc) is 3.48. The van der Waals surface area contributed by atoms with Crippen molar-refractivity contribution in [1.29, 1.82) is 5.26 Å². The monoisotopic (exact) mass is 605 g/mol. The second-order valence-corrected chi connectivity index (χ2v) is 11.0. The number of hydrogen-bond acceptors (Lipinski definition) is 8. The van der Waals surface area contributed by atoms with Gasteiger partial charge < -0.3 is 14.5 Å². The summed E-state index contributed by atoms with van der Waals surface area (Å²) in [5.41, 5.74) is 8.33. The van der Waals surface area contributed by atoms with Gasteiger partial charge in [-0.25, -0.2) is 10.4 Å². The Labute approximate surface area is 252 Å². The second kappa shape index (κ2) is 12.1. The average molecular weight is 606 g/mol. The minimum absolute atomic E-state index is 0.0159. The number of ether oxygens (including phenoxy) is 1. The molecule has 3 aliphatic heterocycles. The number of amides is 2. The van der Waals surface area contributed by atoms with Crippen LogP contribution in [0.15, 0.2) is 60.8 Å². The van der Waals surface area contributed by atoms with Crippen molar-refractivity contribution < 1.29 is 27.5 Å². The van der Waals surface area contributed by atoms with Crippen LogP contribution in [0.2, 0.25) is 0 Å². The van der Waals surface area contributed by atoms with Crippen LogP contribution in [0.4, 0.5) is 19.0 Å². The molecule has 10 nitrogen and oxygen atoms in total. The van der Waals surface area contributed by atoms with Crippen LogP contribution in [0.3, 0.4) is 0 Å². The summed E-state index contributed by atoms with van der Waals surface area (Å²) in [7, 11) is 0. The molecule has 2 aromatic carbocycles. The van der Waals surface area contributed by atoms with Crippen LogP contribution in [0.5, 0.6) is 5.75 Å². The molecule has 2 N–H and O–H groups in total. The van der Waals surface area contributed by atoms with Crippen molar-refractivity contribution in [2.75, 3.05) is 37.6 Å². The highest BCUT2D eigenvalue weighted by Gasteiger charge is 2.53. The highest BCUT2D eigenvalue weighted by atomic mass is 19.4. The molecule has 0 saturated carbocycles. The van der Waals surface area contributed by atoms with Gasteiger partial charge in [0.25, 0.3) is 5.91 Å². The van der Waals surface area contributed by atoms with E-state index >= 15 is 0 Å². The quantitative estimate of drug-likeness (QED) is 0.441. The van der Waals surface area contributed by atoms with Gasteiger partial charge in [0, 0.05) is 63.6 Å². The lowest BCUT2D eigenvalue weighted by Gasteiger charge is -2.38. The molecule has 0 bridgehead atoms. The fourth-order valence-electron chi connectivity index (χ4n) is 6.05. The largest absolute Gasteiger partial charge is 0.489 e. The Bertz CT molecular complexity index is 1580. The minimum Gasteiger partial charge on any atom is -0.489 e. The molecule has 2 atom stereocenters. The third-order valence-electron chi connectivity index (χ3n) is 8.36. The molecular formula is C31H30F3N7O3. The van der Waals surface area contributed by atoms with E-state index in [2.05, 4.69) is 26.8 Å². The molecule has 228 valence electrons. The summed E-state index contributed by atoms with van der Waals surface area (Å²) < 4.78 is 47.3. The van der Waals surface area contributed by atoms with Gasteiger partial charge in [0.15, 0.2) is 5.92 Å². The summed E-state index contributed by atoms with van der Waals surface area (Å²) in [6.45, 7) is 2.99. The van der Waals surface area contributed by atoms with Gasteiger partial charge in [-0.15, -0.1) is 0 Å². The summed E-state index contributed by atoms with van der Waals surface area (Å²) in [5, 5.41) is 8.98. The Morgan fingerprint density at radius 2 is 1.86 bits per heavy atom. The zero-order valence-corrected chi connectivity index (χ0v) is 23.7. The van der Waals surface area contributed by atoms with Crippen LogP contribution in [-0.4, -0.2) is 71.5 Å². The van der Waals surface area contributed by atoms with Crippen LogP contribution < -0.4 is 20.5 Å². The smallest absolute Gasteiger partial charge is 0.402 e. The van der Waals surface area contributed by atoms with E-state index in [0.717, 1.165) is 22.5 Å². The zero-order valence-electron chi connectivity index (χ0n) is 23.7. The van der Waals surface area contributed by atoms with Crippen molar-refractivity contribution in [3.63, 3.8) is 0 Å². The van der Waals surface area contributed by atoms with Crippen LogP contribution >= 0.6 is 0 Å². The molecule has 0 radical (unpaired) electrons. The maximum atomic E-state index is 13.8. The molecule has 3 aliphatic rings. The molecule has 1 aromatic heterocycles.